The van der Waals surface area contributed by atoms with Gasteiger partial charge in [0, 0.05) is 13.1 Å². The van der Waals surface area contributed by atoms with Crippen LogP contribution in [0.2, 0.25) is 0 Å². The third-order valence-electron chi connectivity index (χ3n) is 4.94. The van der Waals surface area contributed by atoms with E-state index in [1.165, 1.54) is 0 Å². The number of carboxylic acids is 1. The van der Waals surface area contributed by atoms with Gasteiger partial charge in [-0.3, -0.25) is 19.3 Å². The van der Waals surface area contributed by atoms with E-state index in [0.717, 1.165) is 4.90 Å². The van der Waals surface area contributed by atoms with Gasteiger partial charge in [0.15, 0.2) is 0 Å². The number of carboxylic acid groups (broad SMARTS) is 1. The highest BCUT2D eigenvalue weighted by molar-refractivity contribution is 6.06. The molecule has 0 radical (unpaired) electrons. The van der Waals surface area contributed by atoms with Gasteiger partial charge in [-0.25, -0.2) is 4.79 Å². The Kier molecular flexibility index (Phi) is 3.98. The standard InChI is InChI=1S/C15H21N3O6/c1-15(2)13(22)18(14(23)17-15)6-5-16-11(19)9-7-3-4-8(24-7)10(9)12(20)21/h7-10H,3-6H2,1-2H3,(H,16,19)(H,17,23)(H,20,21)/t7-,8-,9?,10?/m1/s1. The third kappa shape index (κ3) is 2.62. The Morgan fingerprint density at radius 2 is 1.92 bits per heavy atom. The molecule has 3 aliphatic heterocycles. The molecule has 3 saturated heterocycles. The van der Waals surface area contributed by atoms with E-state index in [2.05, 4.69) is 10.6 Å². The molecule has 3 fully saturated rings. The first-order valence-corrected chi connectivity index (χ1v) is 8.02. The van der Waals surface area contributed by atoms with Gasteiger partial charge in [-0.05, 0) is 26.7 Å². The maximum atomic E-state index is 12.4. The molecule has 3 heterocycles. The van der Waals surface area contributed by atoms with Crippen molar-refractivity contribution < 1.29 is 29.0 Å². The van der Waals surface area contributed by atoms with Crippen molar-refractivity contribution in [2.45, 2.75) is 44.4 Å². The fourth-order valence-corrected chi connectivity index (χ4v) is 3.75. The first-order valence-electron chi connectivity index (χ1n) is 8.02. The van der Waals surface area contributed by atoms with Crippen LogP contribution in [0.3, 0.4) is 0 Å². The van der Waals surface area contributed by atoms with Crippen molar-refractivity contribution in [1.82, 2.24) is 15.5 Å². The monoisotopic (exact) mass is 339 g/mol. The Balaban J connectivity index is 1.56. The van der Waals surface area contributed by atoms with Crippen LogP contribution in [0.1, 0.15) is 26.7 Å². The Morgan fingerprint density at radius 3 is 2.46 bits per heavy atom. The number of carbonyl (C=O) groups excluding carboxylic acids is 3. The van der Waals surface area contributed by atoms with Gasteiger partial charge in [0.2, 0.25) is 5.91 Å². The Labute approximate surface area is 138 Å². The molecule has 9 nitrogen and oxygen atoms in total. The minimum absolute atomic E-state index is 0.0409. The summed E-state index contributed by atoms with van der Waals surface area (Å²) in [7, 11) is 0. The molecule has 2 unspecified atom stereocenters. The van der Waals surface area contributed by atoms with Gasteiger partial charge in [0.05, 0.1) is 24.0 Å². The SMILES string of the molecule is CC1(C)NC(=O)N(CCNC(=O)C2C(C(=O)O)[C@H]3CC[C@H]2O3)C1=O. The molecule has 3 N–H and O–H groups in total. The van der Waals surface area contributed by atoms with Crippen LogP contribution < -0.4 is 10.6 Å². The molecule has 0 aromatic rings. The maximum absolute atomic E-state index is 12.4. The highest BCUT2D eigenvalue weighted by atomic mass is 16.5. The van der Waals surface area contributed by atoms with Gasteiger partial charge in [0.1, 0.15) is 5.54 Å². The van der Waals surface area contributed by atoms with Crippen LogP contribution in [-0.4, -0.2) is 64.7 Å². The number of fused-ring (bicyclic) bond motifs is 2. The lowest BCUT2D eigenvalue weighted by Crippen LogP contribution is -2.46. The molecule has 0 aromatic heterocycles. The molecule has 3 aliphatic rings. The predicted octanol–water partition coefficient (Wildman–Crippen LogP) is -0.689. The molecule has 0 spiro atoms. The average molecular weight is 339 g/mol. The predicted molar refractivity (Wildman–Crippen MR) is 79.8 cm³/mol. The minimum atomic E-state index is -1.03. The summed E-state index contributed by atoms with van der Waals surface area (Å²) in [6.07, 6.45) is 0.554. The molecule has 0 aliphatic carbocycles. The van der Waals surface area contributed by atoms with Crippen molar-refractivity contribution in [2.24, 2.45) is 11.8 Å². The van der Waals surface area contributed by atoms with Gasteiger partial charge < -0.3 is 20.5 Å². The van der Waals surface area contributed by atoms with E-state index in [-0.39, 0.29) is 25.1 Å². The van der Waals surface area contributed by atoms with Crippen LogP contribution >= 0.6 is 0 Å². The molecule has 0 aromatic carbocycles. The number of hydrogen-bond donors (Lipinski definition) is 3. The zero-order valence-electron chi connectivity index (χ0n) is 13.6. The van der Waals surface area contributed by atoms with E-state index in [0.29, 0.717) is 12.8 Å². The van der Waals surface area contributed by atoms with E-state index in [4.69, 9.17) is 4.74 Å². The largest absolute Gasteiger partial charge is 0.481 e. The van der Waals surface area contributed by atoms with Gasteiger partial charge in [-0.15, -0.1) is 0 Å². The molecule has 132 valence electrons. The number of nitrogens with one attached hydrogen (secondary N) is 2. The van der Waals surface area contributed by atoms with Gasteiger partial charge >= 0.3 is 12.0 Å². The van der Waals surface area contributed by atoms with Crippen molar-refractivity contribution in [3.05, 3.63) is 0 Å². The van der Waals surface area contributed by atoms with E-state index >= 15 is 0 Å². The molecule has 2 bridgehead atoms. The molecule has 4 atom stereocenters. The minimum Gasteiger partial charge on any atom is -0.481 e. The number of nitrogens with zero attached hydrogens (tertiary/aromatic N) is 1. The van der Waals surface area contributed by atoms with Crippen LogP contribution in [0.5, 0.6) is 0 Å². The summed E-state index contributed by atoms with van der Waals surface area (Å²) in [4.78, 5) is 48.6. The molecule has 4 amide bonds. The van der Waals surface area contributed by atoms with E-state index in [1.807, 2.05) is 0 Å². The number of imide groups is 1. The summed E-state index contributed by atoms with van der Waals surface area (Å²) < 4.78 is 5.55. The average Bonchev–Trinajstić information content (AvgIpc) is 3.14. The molecular weight excluding hydrogens is 318 g/mol. The smallest absolute Gasteiger partial charge is 0.325 e. The van der Waals surface area contributed by atoms with Crippen LogP contribution in [0.25, 0.3) is 0 Å². The number of aliphatic carboxylic acids is 1. The normalized spacial score (nSPS) is 33.7. The molecule has 3 rings (SSSR count). The maximum Gasteiger partial charge on any atom is 0.325 e. The van der Waals surface area contributed by atoms with Crippen LogP contribution in [0.15, 0.2) is 0 Å². The number of amides is 4. The number of urea groups is 1. The van der Waals surface area contributed by atoms with Crippen molar-refractivity contribution in [2.75, 3.05) is 13.1 Å². The van der Waals surface area contributed by atoms with Crippen LogP contribution in [0, 0.1) is 11.8 Å². The fraction of sp³-hybridized carbons (Fsp3) is 0.733. The van der Waals surface area contributed by atoms with Crippen molar-refractivity contribution >= 4 is 23.8 Å². The van der Waals surface area contributed by atoms with Crippen molar-refractivity contribution in [3.8, 4) is 0 Å². The van der Waals surface area contributed by atoms with E-state index < -0.39 is 41.4 Å². The second kappa shape index (κ2) is 5.73. The lowest BCUT2D eigenvalue weighted by Gasteiger charge is -2.24. The highest BCUT2D eigenvalue weighted by Crippen LogP contribution is 2.43. The molecule has 9 heteroatoms. The molecule has 24 heavy (non-hydrogen) atoms. The second-order valence-corrected chi connectivity index (χ2v) is 6.98. The van der Waals surface area contributed by atoms with E-state index in [1.54, 1.807) is 13.8 Å². The summed E-state index contributed by atoms with van der Waals surface area (Å²) in [6.45, 7) is 3.33. The Morgan fingerprint density at radius 1 is 1.29 bits per heavy atom. The number of ether oxygens (including phenoxy) is 1. The number of carbonyl (C=O) groups is 4. The summed E-state index contributed by atoms with van der Waals surface area (Å²) in [5, 5.41) is 14.5. The van der Waals surface area contributed by atoms with Crippen LogP contribution in [-0.2, 0) is 19.1 Å². The first kappa shape index (κ1) is 16.7. The van der Waals surface area contributed by atoms with Gasteiger partial charge in [-0.2, -0.15) is 0 Å². The van der Waals surface area contributed by atoms with Gasteiger partial charge in [0.25, 0.3) is 5.91 Å². The molecule has 0 saturated carbocycles. The fourth-order valence-electron chi connectivity index (χ4n) is 3.75. The lowest BCUT2D eigenvalue weighted by molar-refractivity contribution is -0.147. The van der Waals surface area contributed by atoms with E-state index in [9.17, 15) is 24.3 Å². The summed E-state index contributed by atoms with van der Waals surface area (Å²) in [5.41, 5.74) is -0.950. The van der Waals surface area contributed by atoms with Crippen LogP contribution in [0.4, 0.5) is 4.79 Å². The summed E-state index contributed by atoms with van der Waals surface area (Å²) in [6, 6.07) is -0.495. The number of rotatable bonds is 5. The number of hydrogen-bond acceptors (Lipinski definition) is 5. The quantitative estimate of drug-likeness (QED) is 0.570. The topological polar surface area (TPSA) is 125 Å². The lowest BCUT2D eigenvalue weighted by atomic mass is 9.79. The Hall–Kier alpha value is -2.16. The third-order valence-corrected chi connectivity index (χ3v) is 4.94. The van der Waals surface area contributed by atoms with Crippen molar-refractivity contribution in [1.29, 1.82) is 0 Å². The highest BCUT2D eigenvalue weighted by Gasteiger charge is 2.55. The molecular formula is C15H21N3O6. The van der Waals surface area contributed by atoms with Crippen molar-refractivity contribution in [3.63, 3.8) is 0 Å². The second-order valence-electron chi connectivity index (χ2n) is 6.98. The summed E-state index contributed by atoms with van der Waals surface area (Å²) in [5.74, 6) is -3.34. The zero-order valence-corrected chi connectivity index (χ0v) is 13.6. The first-order chi connectivity index (χ1) is 11.2. The Bertz CT molecular complexity index is 604. The zero-order chi connectivity index (χ0) is 17.6. The van der Waals surface area contributed by atoms with Gasteiger partial charge in [-0.1, -0.05) is 0 Å². The summed E-state index contributed by atoms with van der Waals surface area (Å²) >= 11 is 0.